The van der Waals surface area contributed by atoms with Crippen LogP contribution in [0.4, 0.5) is 8.78 Å². The van der Waals surface area contributed by atoms with Crippen LogP contribution < -0.4 is 16.2 Å². The number of benzene rings is 1. The van der Waals surface area contributed by atoms with Crippen LogP contribution in [-0.4, -0.2) is 13.2 Å². The zero-order valence-corrected chi connectivity index (χ0v) is 9.61. The number of alkyl halides is 2. The molecule has 5 heteroatoms. The summed E-state index contributed by atoms with van der Waals surface area (Å²) in [6.07, 6.45) is 2.47. The highest BCUT2D eigenvalue weighted by Gasteiger charge is 2.14. The summed E-state index contributed by atoms with van der Waals surface area (Å²) in [6.45, 7) is -2.21. The zero-order valence-electron chi connectivity index (χ0n) is 9.61. The predicted molar refractivity (Wildman–Crippen MR) is 62.9 cm³/mol. The normalized spacial score (nSPS) is 12.8. The van der Waals surface area contributed by atoms with Crippen LogP contribution in [0.2, 0.25) is 0 Å². The number of nitrogens with two attached hydrogens (primary N) is 2. The number of hydrogen-bond donors (Lipinski definition) is 2. The highest BCUT2D eigenvalue weighted by molar-refractivity contribution is 5.35. The SMILES string of the molecule is NCCCC[C@H](N)c1ccccc1OC(F)F. The Bertz CT molecular complexity index is 334. The van der Waals surface area contributed by atoms with Gasteiger partial charge in [-0.05, 0) is 25.5 Å². The van der Waals surface area contributed by atoms with Gasteiger partial charge in [-0.25, -0.2) is 0 Å². The number of para-hydroxylation sites is 1. The molecule has 3 nitrogen and oxygen atoms in total. The van der Waals surface area contributed by atoms with Crippen molar-refractivity contribution in [2.45, 2.75) is 31.9 Å². The van der Waals surface area contributed by atoms with Crippen molar-refractivity contribution in [3.63, 3.8) is 0 Å². The van der Waals surface area contributed by atoms with E-state index in [1.807, 2.05) is 0 Å². The molecule has 96 valence electrons. The second kappa shape index (κ2) is 7.19. The first-order valence-corrected chi connectivity index (χ1v) is 5.64. The zero-order chi connectivity index (χ0) is 12.7. The Morgan fingerprint density at radius 3 is 2.53 bits per heavy atom. The molecule has 0 bridgehead atoms. The molecular weight excluding hydrogens is 226 g/mol. The average Bonchev–Trinajstić information content (AvgIpc) is 2.29. The van der Waals surface area contributed by atoms with E-state index in [1.165, 1.54) is 6.07 Å². The lowest BCUT2D eigenvalue weighted by Crippen LogP contribution is -2.14. The maximum Gasteiger partial charge on any atom is 0.387 e. The third-order valence-corrected chi connectivity index (χ3v) is 2.50. The van der Waals surface area contributed by atoms with E-state index in [-0.39, 0.29) is 11.8 Å². The summed E-state index contributed by atoms with van der Waals surface area (Å²) in [5, 5.41) is 0. The van der Waals surface area contributed by atoms with Crippen LogP contribution in [0.5, 0.6) is 5.75 Å². The standard InChI is InChI=1S/C12H18F2N2O/c13-12(14)17-11-7-2-1-5-9(11)10(16)6-3-4-8-15/h1-2,5,7,10,12H,3-4,6,8,15-16H2/t10-/m0/s1. The van der Waals surface area contributed by atoms with Crippen LogP contribution in [0.15, 0.2) is 24.3 Å². The van der Waals surface area contributed by atoms with Gasteiger partial charge in [-0.15, -0.1) is 0 Å². The fourth-order valence-electron chi connectivity index (χ4n) is 1.65. The molecule has 17 heavy (non-hydrogen) atoms. The summed E-state index contributed by atoms with van der Waals surface area (Å²) in [6, 6.07) is 6.33. The van der Waals surface area contributed by atoms with Crippen LogP contribution in [-0.2, 0) is 0 Å². The quantitative estimate of drug-likeness (QED) is 0.724. The molecule has 0 aliphatic heterocycles. The summed E-state index contributed by atoms with van der Waals surface area (Å²) in [5.74, 6) is 0.155. The van der Waals surface area contributed by atoms with Crippen molar-refractivity contribution in [3.8, 4) is 5.75 Å². The Labute approximate surface area is 99.7 Å². The van der Waals surface area contributed by atoms with Gasteiger partial charge in [0.2, 0.25) is 0 Å². The first-order valence-electron chi connectivity index (χ1n) is 5.64. The van der Waals surface area contributed by atoms with Gasteiger partial charge in [-0.2, -0.15) is 8.78 Å². The van der Waals surface area contributed by atoms with Gasteiger partial charge in [-0.3, -0.25) is 0 Å². The van der Waals surface area contributed by atoms with E-state index in [9.17, 15) is 8.78 Å². The third kappa shape index (κ3) is 4.66. The van der Waals surface area contributed by atoms with Gasteiger partial charge in [0.05, 0.1) is 0 Å². The van der Waals surface area contributed by atoms with Gasteiger partial charge in [-0.1, -0.05) is 24.6 Å². The molecule has 0 unspecified atom stereocenters. The first kappa shape index (κ1) is 13.9. The van der Waals surface area contributed by atoms with Crippen LogP contribution in [0, 0.1) is 0 Å². The molecule has 0 heterocycles. The number of unbranched alkanes of at least 4 members (excludes halogenated alkanes) is 1. The summed E-state index contributed by atoms with van der Waals surface area (Å²) in [7, 11) is 0. The second-order valence-electron chi connectivity index (χ2n) is 3.81. The Hall–Kier alpha value is -1.20. The van der Waals surface area contributed by atoms with Crippen LogP contribution >= 0.6 is 0 Å². The van der Waals surface area contributed by atoms with E-state index in [2.05, 4.69) is 4.74 Å². The Balaban J connectivity index is 2.67. The Morgan fingerprint density at radius 1 is 1.18 bits per heavy atom. The maximum absolute atomic E-state index is 12.2. The minimum atomic E-state index is -2.83. The minimum Gasteiger partial charge on any atom is -0.434 e. The largest absolute Gasteiger partial charge is 0.434 e. The van der Waals surface area contributed by atoms with Gasteiger partial charge in [0.1, 0.15) is 5.75 Å². The van der Waals surface area contributed by atoms with Gasteiger partial charge in [0.15, 0.2) is 0 Å². The van der Waals surface area contributed by atoms with Crippen molar-refractivity contribution in [1.82, 2.24) is 0 Å². The van der Waals surface area contributed by atoms with Crippen LogP contribution in [0.1, 0.15) is 30.9 Å². The molecule has 0 amide bonds. The highest BCUT2D eigenvalue weighted by atomic mass is 19.3. The molecular formula is C12H18F2N2O. The smallest absolute Gasteiger partial charge is 0.387 e. The van der Waals surface area contributed by atoms with Gasteiger partial charge in [0.25, 0.3) is 0 Å². The molecule has 1 aromatic carbocycles. The van der Waals surface area contributed by atoms with Crippen molar-refractivity contribution in [1.29, 1.82) is 0 Å². The fourth-order valence-corrected chi connectivity index (χ4v) is 1.65. The van der Waals surface area contributed by atoms with Crippen molar-refractivity contribution < 1.29 is 13.5 Å². The van der Waals surface area contributed by atoms with E-state index in [4.69, 9.17) is 11.5 Å². The highest BCUT2D eigenvalue weighted by Crippen LogP contribution is 2.27. The van der Waals surface area contributed by atoms with Crippen molar-refractivity contribution in [2.24, 2.45) is 11.5 Å². The molecule has 1 atom stereocenters. The lowest BCUT2D eigenvalue weighted by atomic mass is 10.0. The molecule has 0 fully saturated rings. The topological polar surface area (TPSA) is 61.3 Å². The average molecular weight is 244 g/mol. The van der Waals surface area contributed by atoms with E-state index in [0.29, 0.717) is 18.5 Å². The van der Waals surface area contributed by atoms with Crippen molar-refractivity contribution in [2.75, 3.05) is 6.54 Å². The van der Waals surface area contributed by atoms with E-state index >= 15 is 0 Å². The summed E-state index contributed by atoms with van der Waals surface area (Å²) >= 11 is 0. The molecule has 0 aliphatic rings. The van der Waals surface area contributed by atoms with E-state index in [1.54, 1.807) is 18.2 Å². The lowest BCUT2D eigenvalue weighted by molar-refractivity contribution is -0.0506. The molecule has 0 aliphatic carbocycles. The first-order chi connectivity index (χ1) is 8.15. The second-order valence-corrected chi connectivity index (χ2v) is 3.81. The minimum absolute atomic E-state index is 0.155. The fraction of sp³-hybridized carbons (Fsp3) is 0.500. The lowest BCUT2D eigenvalue weighted by Gasteiger charge is -2.16. The van der Waals surface area contributed by atoms with Gasteiger partial charge < -0.3 is 16.2 Å². The summed E-state index contributed by atoms with van der Waals surface area (Å²) in [4.78, 5) is 0. The number of halogens is 2. The van der Waals surface area contributed by atoms with Crippen molar-refractivity contribution in [3.05, 3.63) is 29.8 Å². The molecule has 1 aromatic rings. The van der Waals surface area contributed by atoms with Crippen LogP contribution in [0.3, 0.4) is 0 Å². The van der Waals surface area contributed by atoms with Crippen LogP contribution in [0.25, 0.3) is 0 Å². The molecule has 0 spiro atoms. The number of ether oxygens (including phenoxy) is 1. The van der Waals surface area contributed by atoms with Gasteiger partial charge >= 0.3 is 6.61 Å². The molecule has 4 N–H and O–H groups in total. The summed E-state index contributed by atoms with van der Waals surface area (Å²) < 4.78 is 28.8. The third-order valence-electron chi connectivity index (χ3n) is 2.50. The van der Waals surface area contributed by atoms with Crippen molar-refractivity contribution >= 4 is 0 Å². The monoisotopic (exact) mass is 244 g/mol. The molecule has 0 saturated heterocycles. The Kier molecular flexibility index (Phi) is 5.86. The predicted octanol–water partition coefficient (Wildman–Crippen LogP) is 2.42. The Morgan fingerprint density at radius 2 is 1.88 bits per heavy atom. The molecule has 0 aromatic heterocycles. The molecule has 1 rings (SSSR count). The molecule has 0 saturated carbocycles. The van der Waals surface area contributed by atoms with E-state index in [0.717, 1.165) is 12.8 Å². The molecule has 0 radical (unpaired) electrons. The number of rotatable bonds is 7. The maximum atomic E-state index is 12.2. The number of hydrogen-bond acceptors (Lipinski definition) is 3. The van der Waals surface area contributed by atoms with E-state index < -0.39 is 6.61 Å². The van der Waals surface area contributed by atoms with Gasteiger partial charge in [0, 0.05) is 11.6 Å². The summed E-state index contributed by atoms with van der Waals surface area (Å²) in [5.41, 5.74) is 11.9.